The maximum absolute atomic E-state index is 13.0. The molecule has 2 aliphatic rings. The highest BCUT2D eigenvalue weighted by atomic mass is 32.2. The molecule has 0 spiro atoms. The Hall–Kier alpha value is -2.84. The van der Waals surface area contributed by atoms with Crippen molar-refractivity contribution < 1.29 is 9.53 Å². The van der Waals surface area contributed by atoms with Gasteiger partial charge in [-0.3, -0.25) is 9.36 Å². The van der Waals surface area contributed by atoms with E-state index in [2.05, 4.69) is 37.9 Å². The standard InChI is InChI=1S/C23H25N5O2S/c29-21(27-11-10-19-8-4-5-9-20(19)27)17-31-23-25-24-22(26-12-14-30-15-13-26)28(23)16-18-6-2-1-3-7-18/h1-9H,10-17H2. The minimum Gasteiger partial charge on any atom is -0.378 e. The number of anilines is 2. The Labute approximate surface area is 186 Å². The Balaban J connectivity index is 1.35. The van der Waals surface area contributed by atoms with E-state index in [-0.39, 0.29) is 5.91 Å². The van der Waals surface area contributed by atoms with Gasteiger partial charge in [0.05, 0.1) is 25.5 Å². The van der Waals surface area contributed by atoms with E-state index < -0.39 is 0 Å². The number of fused-ring (bicyclic) bond motifs is 1. The summed E-state index contributed by atoms with van der Waals surface area (Å²) in [5.41, 5.74) is 3.45. The number of rotatable bonds is 6. The summed E-state index contributed by atoms with van der Waals surface area (Å²) in [6.07, 6.45) is 0.915. The van der Waals surface area contributed by atoms with Crippen molar-refractivity contribution in [2.24, 2.45) is 0 Å². The average Bonchev–Trinajstić information content (AvgIpc) is 3.43. The molecule has 0 N–H and O–H groups in total. The Morgan fingerprint density at radius 2 is 1.74 bits per heavy atom. The third-order valence-electron chi connectivity index (χ3n) is 5.69. The molecule has 160 valence electrons. The summed E-state index contributed by atoms with van der Waals surface area (Å²) in [4.78, 5) is 17.1. The fraction of sp³-hybridized carbons (Fsp3) is 0.348. The van der Waals surface area contributed by atoms with Gasteiger partial charge < -0.3 is 14.5 Å². The first-order valence-corrected chi connectivity index (χ1v) is 11.6. The molecule has 0 saturated carbocycles. The topological polar surface area (TPSA) is 63.5 Å². The Bertz CT molecular complexity index is 1050. The van der Waals surface area contributed by atoms with Gasteiger partial charge in [0.1, 0.15) is 0 Å². The fourth-order valence-electron chi connectivity index (χ4n) is 4.09. The summed E-state index contributed by atoms with van der Waals surface area (Å²) in [7, 11) is 0. The Morgan fingerprint density at radius 1 is 0.968 bits per heavy atom. The number of benzene rings is 2. The number of carbonyl (C=O) groups excluding carboxylic acids is 1. The van der Waals surface area contributed by atoms with E-state index in [1.165, 1.54) is 22.9 Å². The normalized spacial score (nSPS) is 15.9. The monoisotopic (exact) mass is 435 g/mol. The van der Waals surface area contributed by atoms with Gasteiger partial charge in [-0.1, -0.05) is 60.3 Å². The molecule has 3 heterocycles. The van der Waals surface area contributed by atoms with Crippen molar-refractivity contribution in [3.63, 3.8) is 0 Å². The maximum atomic E-state index is 13.0. The van der Waals surface area contributed by atoms with Crippen LogP contribution in [0.1, 0.15) is 11.1 Å². The number of morpholine rings is 1. The van der Waals surface area contributed by atoms with Crippen LogP contribution < -0.4 is 9.80 Å². The molecule has 2 aliphatic heterocycles. The van der Waals surface area contributed by atoms with Gasteiger partial charge >= 0.3 is 0 Å². The molecule has 5 rings (SSSR count). The van der Waals surface area contributed by atoms with E-state index >= 15 is 0 Å². The van der Waals surface area contributed by atoms with Crippen LogP contribution in [0, 0.1) is 0 Å². The number of ether oxygens (including phenoxy) is 1. The summed E-state index contributed by atoms with van der Waals surface area (Å²) in [6, 6.07) is 18.4. The van der Waals surface area contributed by atoms with Crippen LogP contribution >= 0.6 is 11.8 Å². The lowest BCUT2D eigenvalue weighted by Crippen LogP contribution is -2.38. The van der Waals surface area contributed by atoms with E-state index in [1.54, 1.807) is 0 Å². The summed E-state index contributed by atoms with van der Waals surface area (Å²) in [5, 5.41) is 9.71. The van der Waals surface area contributed by atoms with E-state index in [9.17, 15) is 4.79 Å². The van der Waals surface area contributed by atoms with Gasteiger partial charge in [-0.2, -0.15) is 0 Å². The molecule has 0 aliphatic carbocycles. The molecule has 7 nitrogen and oxygen atoms in total. The summed E-state index contributed by atoms with van der Waals surface area (Å²) < 4.78 is 7.62. The van der Waals surface area contributed by atoms with E-state index in [1.807, 2.05) is 41.3 Å². The zero-order valence-corrected chi connectivity index (χ0v) is 18.1. The van der Waals surface area contributed by atoms with E-state index in [0.717, 1.165) is 42.8 Å². The number of carbonyl (C=O) groups is 1. The second-order valence-corrected chi connectivity index (χ2v) is 8.61. The largest absolute Gasteiger partial charge is 0.378 e. The third-order valence-corrected chi connectivity index (χ3v) is 6.64. The lowest BCUT2D eigenvalue weighted by atomic mass is 10.2. The van der Waals surface area contributed by atoms with Gasteiger partial charge in [0.25, 0.3) is 0 Å². The molecule has 31 heavy (non-hydrogen) atoms. The molecule has 1 fully saturated rings. The highest BCUT2D eigenvalue weighted by Gasteiger charge is 2.26. The van der Waals surface area contributed by atoms with Gasteiger partial charge in [-0.05, 0) is 23.6 Å². The van der Waals surface area contributed by atoms with Gasteiger partial charge in [0.15, 0.2) is 5.16 Å². The quantitative estimate of drug-likeness (QED) is 0.555. The molecule has 0 unspecified atom stereocenters. The van der Waals surface area contributed by atoms with Crippen molar-refractivity contribution >= 4 is 29.3 Å². The van der Waals surface area contributed by atoms with Gasteiger partial charge in [0.2, 0.25) is 11.9 Å². The van der Waals surface area contributed by atoms with Crippen LogP contribution in [0.3, 0.4) is 0 Å². The number of aromatic nitrogens is 3. The second-order valence-electron chi connectivity index (χ2n) is 7.67. The number of para-hydroxylation sites is 1. The first kappa shape index (κ1) is 20.1. The third kappa shape index (κ3) is 4.31. The van der Waals surface area contributed by atoms with Gasteiger partial charge in [0, 0.05) is 25.3 Å². The summed E-state index contributed by atoms with van der Waals surface area (Å²) >= 11 is 1.46. The zero-order valence-electron chi connectivity index (χ0n) is 17.3. The molecule has 1 aromatic heterocycles. The van der Waals surface area contributed by atoms with Crippen LogP contribution in [0.5, 0.6) is 0 Å². The molecule has 3 aromatic rings. The molecule has 1 amide bonds. The first-order chi connectivity index (χ1) is 15.3. The SMILES string of the molecule is O=C(CSc1nnc(N2CCOCC2)n1Cc1ccccc1)N1CCc2ccccc21. The molecular formula is C23H25N5O2S. The minimum atomic E-state index is 0.108. The maximum Gasteiger partial charge on any atom is 0.237 e. The zero-order chi connectivity index (χ0) is 21.0. The van der Waals surface area contributed by atoms with Crippen molar-refractivity contribution in [2.75, 3.05) is 48.4 Å². The van der Waals surface area contributed by atoms with Crippen LogP contribution in [0.4, 0.5) is 11.6 Å². The molecule has 0 bridgehead atoms. The number of hydrogen-bond donors (Lipinski definition) is 0. The Morgan fingerprint density at radius 3 is 2.58 bits per heavy atom. The van der Waals surface area contributed by atoms with Gasteiger partial charge in [-0.15, -0.1) is 10.2 Å². The van der Waals surface area contributed by atoms with E-state index in [4.69, 9.17) is 4.74 Å². The van der Waals surface area contributed by atoms with Crippen molar-refractivity contribution in [2.45, 2.75) is 18.1 Å². The lowest BCUT2D eigenvalue weighted by Gasteiger charge is -2.28. The fourth-order valence-corrected chi connectivity index (χ4v) is 4.90. The van der Waals surface area contributed by atoms with Crippen LogP contribution in [0.2, 0.25) is 0 Å². The number of hydrogen-bond acceptors (Lipinski definition) is 6. The number of amides is 1. The molecule has 2 aromatic carbocycles. The van der Waals surface area contributed by atoms with Crippen molar-refractivity contribution in [1.82, 2.24) is 14.8 Å². The van der Waals surface area contributed by atoms with E-state index in [0.29, 0.717) is 25.5 Å². The summed E-state index contributed by atoms with van der Waals surface area (Å²) in [6.45, 7) is 4.38. The predicted octanol–water partition coefficient (Wildman–Crippen LogP) is 2.84. The van der Waals surface area contributed by atoms with Crippen LogP contribution in [-0.4, -0.2) is 59.3 Å². The Kier molecular flexibility index (Phi) is 5.90. The number of nitrogens with zero attached hydrogens (tertiary/aromatic N) is 5. The van der Waals surface area contributed by atoms with Crippen molar-refractivity contribution in [1.29, 1.82) is 0 Å². The highest BCUT2D eigenvalue weighted by molar-refractivity contribution is 7.99. The predicted molar refractivity (Wildman–Crippen MR) is 122 cm³/mol. The van der Waals surface area contributed by atoms with Crippen LogP contribution in [0.25, 0.3) is 0 Å². The lowest BCUT2D eigenvalue weighted by molar-refractivity contribution is -0.116. The molecule has 1 saturated heterocycles. The highest BCUT2D eigenvalue weighted by Crippen LogP contribution is 2.29. The molecule has 0 atom stereocenters. The number of thioether (sulfide) groups is 1. The molecule has 0 radical (unpaired) electrons. The molecular weight excluding hydrogens is 410 g/mol. The minimum absolute atomic E-state index is 0.108. The smallest absolute Gasteiger partial charge is 0.237 e. The second kappa shape index (κ2) is 9.11. The summed E-state index contributed by atoms with van der Waals surface area (Å²) in [5.74, 6) is 1.29. The average molecular weight is 436 g/mol. The first-order valence-electron chi connectivity index (χ1n) is 10.6. The van der Waals surface area contributed by atoms with Crippen molar-refractivity contribution in [3.8, 4) is 0 Å². The van der Waals surface area contributed by atoms with Gasteiger partial charge in [-0.25, -0.2) is 0 Å². The van der Waals surface area contributed by atoms with Crippen molar-refractivity contribution in [3.05, 3.63) is 65.7 Å². The van der Waals surface area contributed by atoms with Crippen LogP contribution in [-0.2, 0) is 22.5 Å². The molecule has 8 heteroatoms. The van der Waals surface area contributed by atoms with Crippen LogP contribution in [0.15, 0.2) is 59.8 Å².